The third-order valence-corrected chi connectivity index (χ3v) is 3.20. The lowest BCUT2D eigenvalue weighted by molar-refractivity contribution is -0.121. The number of carbonyl (C=O) groups is 1. The lowest BCUT2D eigenvalue weighted by Crippen LogP contribution is -2.29. The first kappa shape index (κ1) is 12.6. The van der Waals surface area contributed by atoms with E-state index in [0.717, 1.165) is 29.7 Å². The quantitative estimate of drug-likeness (QED) is 0.483. The van der Waals surface area contributed by atoms with Crippen LogP contribution in [-0.2, 0) is 18.3 Å². The number of carbonyl (C=O) groups excluding carboxylic acids is 1. The smallest absolute Gasteiger partial charge is 0.233 e. The monoisotopic (exact) mass is 246 g/mol. The second-order valence-electron chi connectivity index (χ2n) is 4.46. The fourth-order valence-corrected chi connectivity index (χ4v) is 2.05. The third-order valence-electron chi connectivity index (χ3n) is 3.20. The maximum atomic E-state index is 11.0. The van der Waals surface area contributed by atoms with Crippen LogP contribution >= 0.6 is 0 Å². The second kappa shape index (κ2) is 5.18. The number of nitrogens with two attached hydrogens (primary N) is 1. The summed E-state index contributed by atoms with van der Waals surface area (Å²) in [6.45, 7) is 1.99. The van der Waals surface area contributed by atoms with Crippen LogP contribution in [0.15, 0.2) is 18.2 Å². The minimum absolute atomic E-state index is 0.121. The van der Waals surface area contributed by atoms with Gasteiger partial charge in [-0.1, -0.05) is 6.07 Å². The number of hydrogen-bond acceptors (Lipinski definition) is 3. The van der Waals surface area contributed by atoms with Crippen molar-refractivity contribution in [3.8, 4) is 0 Å². The maximum Gasteiger partial charge on any atom is 0.233 e. The molecule has 1 amide bonds. The van der Waals surface area contributed by atoms with Gasteiger partial charge in [-0.2, -0.15) is 0 Å². The lowest BCUT2D eigenvalue weighted by Gasteiger charge is -2.02. The van der Waals surface area contributed by atoms with Gasteiger partial charge in [-0.05, 0) is 37.5 Å². The summed E-state index contributed by atoms with van der Waals surface area (Å²) < 4.78 is 2.07. The SMILES string of the molecule is Cc1nc2cc(CCCC(=O)NN)ccc2n1C. The largest absolute Gasteiger partial charge is 0.331 e. The molecule has 0 atom stereocenters. The van der Waals surface area contributed by atoms with Crippen LogP contribution < -0.4 is 11.3 Å². The fraction of sp³-hybridized carbons (Fsp3) is 0.385. The van der Waals surface area contributed by atoms with E-state index in [9.17, 15) is 4.79 Å². The Labute approximate surface area is 106 Å². The van der Waals surface area contributed by atoms with Crippen molar-refractivity contribution in [3.63, 3.8) is 0 Å². The summed E-state index contributed by atoms with van der Waals surface area (Å²) in [7, 11) is 2.01. The van der Waals surface area contributed by atoms with Gasteiger partial charge in [0.25, 0.3) is 0 Å². The first-order valence-corrected chi connectivity index (χ1v) is 6.03. The molecular formula is C13H18N4O. The first-order chi connectivity index (χ1) is 8.61. The number of fused-ring (bicyclic) bond motifs is 1. The summed E-state index contributed by atoms with van der Waals surface area (Å²) >= 11 is 0. The van der Waals surface area contributed by atoms with Gasteiger partial charge in [0.15, 0.2) is 0 Å². The molecule has 2 aromatic rings. The Bertz CT molecular complexity index is 574. The standard InChI is InChI=1S/C13H18N4O/c1-9-15-11-8-10(4-3-5-13(18)16-14)6-7-12(11)17(9)2/h6-8H,3-5,14H2,1-2H3,(H,16,18). The van der Waals surface area contributed by atoms with Gasteiger partial charge in [-0.15, -0.1) is 0 Å². The Morgan fingerprint density at radius 2 is 2.28 bits per heavy atom. The minimum atomic E-state index is -0.121. The van der Waals surface area contributed by atoms with E-state index >= 15 is 0 Å². The van der Waals surface area contributed by atoms with E-state index in [4.69, 9.17) is 5.84 Å². The van der Waals surface area contributed by atoms with Gasteiger partial charge in [0, 0.05) is 13.5 Å². The molecule has 0 aliphatic rings. The number of nitrogens with one attached hydrogen (secondary N) is 1. The first-order valence-electron chi connectivity index (χ1n) is 6.03. The van der Waals surface area contributed by atoms with Crippen LogP contribution in [0.25, 0.3) is 11.0 Å². The van der Waals surface area contributed by atoms with Crippen molar-refractivity contribution >= 4 is 16.9 Å². The molecule has 18 heavy (non-hydrogen) atoms. The number of imidazole rings is 1. The van der Waals surface area contributed by atoms with Crippen molar-refractivity contribution in [2.24, 2.45) is 12.9 Å². The summed E-state index contributed by atoms with van der Waals surface area (Å²) in [5.41, 5.74) is 5.48. The van der Waals surface area contributed by atoms with Crippen LogP contribution in [-0.4, -0.2) is 15.5 Å². The third kappa shape index (κ3) is 2.51. The number of amides is 1. The van der Waals surface area contributed by atoms with Gasteiger partial charge in [0.1, 0.15) is 5.82 Å². The Kier molecular flexibility index (Phi) is 3.62. The Hall–Kier alpha value is -1.88. The molecule has 2 rings (SSSR count). The highest BCUT2D eigenvalue weighted by atomic mass is 16.2. The molecule has 0 aliphatic carbocycles. The molecule has 0 unspecified atom stereocenters. The van der Waals surface area contributed by atoms with E-state index in [1.54, 1.807) is 0 Å². The fourth-order valence-electron chi connectivity index (χ4n) is 2.05. The van der Waals surface area contributed by atoms with E-state index in [1.807, 2.05) is 14.0 Å². The van der Waals surface area contributed by atoms with E-state index < -0.39 is 0 Å². The van der Waals surface area contributed by atoms with Crippen LogP contribution in [0.3, 0.4) is 0 Å². The molecule has 0 fully saturated rings. The average Bonchev–Trinajstić information content (AvgIpc) is 2.64. The van der Waals surface area contributed by atoms with Gasteiger partial charge in [-0.25, -0.2) is 10.8 Å². The van der Waals surface area contributed by atoms with Crippen LogP contribution in [0, 0.1) is 6.92 Å². The van der Waals surface area contributed by atoms with E-state index in [2.05, 4.69) is 33.2 Å². The Morgan fingerprint density at radius 1 is 1.50 bits per heavy atom. The van der Waals surface area contributed by atoms with Gasteiger partial charge < -0.3 is 4.57 Å². The summed E-state index contributed by atoms with van der Waals surface area (Å²) in [5.74, 6) is 5.92. The molecule has 5 nitrogen and oxygen atoms in total. The molecule has 1 aromatic carbocycles. The highest BCUT2D eigenvalue weighted by Crippen LogP contribution is 2.17. The average molecular weight is 246 g/mol. The van der Waals surface area contributed by atoms with Gasteiger partial charge in [-0.3, -0.25) is 10.2 Å². The molecule has 1 heterocycles. The normalized spacial score (nSPS) is 10.8. The molecule has 0 spiro atoms. The molecule has 0 saturated heterocycles. The zero-order valence-corrected chi connectivity index (χ0v) is 10.7. The molecule has 0 radical (unpaired) electrons. The van der Waals surface area contributed by atoms with Crippen LogP contribution in [0.4, 0.5) is 0 Å². The number of benzene rings is 1. The van der Waals surface area contributed by atoms with Crippen LogP contribution in [0.5, 0.6) is 0 Å². The molecule has 0 aliphatic heterocycles. The second-order valence-corrected chi connectivity index (χ2v) is 4.46. The topological polar surface area (TPSA) is 72.9 Å². The summed E-state index contributed by atoms with van der Waals surface area (Å²) in [4.78, 5) is 15.5. The zero-order chi connectivity index (χ0) is 13.1. The van der Waals surface area contributed by atoms with Gasteiger partial charge in [0.2, 0.25) is 5.91 Å². The number of aromatic nitrogens is 2. The van der Waals surface area contributed by atoms with E-state index in [1.165, 1.54) is 5.56 Å². The van der Waals surface area contributed by atoms with Gasteiger partial charge >= 0.3 is 0 Å². The van der Waals surface area contributed by atoms with Gasteiger partial charge in [0.05, 0.1) is 11.0 Å². The summed E-state index contributed by atoms with van der Waals surface area (Å²) in [5, 5.41) is 0. The number of nitrogens with zero attached hydrogens (tertiary/aromatic N) is 2. The molecular weight excluding hydrogens is 228 g/mol. The zero-order valence-electron chi connectivity index (χ0n) is 10.7. The van der Waals surface area contributed by atoms with Crippen molar-refractivity contribution in [1.82, 2.24) is 15.0 Å². The predicted octanol–water partition coefficient (Wildman–Crippen LogP) is 1.19. The maximum absolute atomic E-state index is 11.0. The molecule has 96 valence electrons. The number of hydrazine groups is 1. The predicted molar refractivity (Wildman–Crippen MR) is 70.7 cm³/mol. The van der Waals surface area contributed by atoms with Crippen molar-refractivity contribution in [1.29, 1.82) is 0 Å². The number of hydrogen-bond donors (Lipinski definition) is 2. The molecule has 1 aromatic heterocycles. The number of rotatable bonds is 4. The number of aryl methyl sites for hydroxylation is 3. The van der Waals surface area contributed by atoms with Crippen LogP contribution in [0.1, 0.15) is 24.2 Å². The molecule has 0 saturated carbocycles. The van der Waals surface area contributed by atoms with Crippen molar-refractivity contribution in [3.05, 3.63) is 29.6 Å². The molecule has 5 heteroatoms. The minimum Gasteiger partial charge on any atom is -0.331 e. The van der Waals surface area contributed by atoms with E-state index in [-0.39, 0.29) is 5.91 Å². The highest BCUT2D eigenvalue weighted by Gasteiger charge is 2.05. The van der Waals surface area contributed by atoms with Crippen molar-refractivity contribution in [2.75, 3.05) is 0 Å². The highest BCUT2D eigenvalue weighted by molar-refractivity contribution is 5.77. The molecule has 0 bridgehead atoms. The summed E-state index contributed by atoms with van der Waals surface area (Å²) in [6.07, 6.45) is 2.11. The summed E-state index contributed by atoms with van der Waals surface area (Å²) in [6, 6.07) is 6.25. The Balaban J connectivity index is 2.08. The Morgan fingerprint density at radius 3 is 3.00 bits per heavy atom. The van der Waals surface area contributed by atoms with E-state index in [0.29, 0.717) is 6.42 Å². The molecule has 3 N–H and O–H groups in total. The van der Waals surface area contributed by atoms with Crippen molar-refractivity contribution < 1.29 is 4.79 Å². The van der Waals surface area contributed by atoms with Crippen LogP contribution in [0.2, 0.25) is 0 Å². The lowest BCUT2D eigenvalue weighted by atomic mass is 10.1. The van der Waals surface area contributed by atoms with Crippen molar-refractivity contribution in [2.45, 2.75) is 26.2 Å².